The molecule has 118 valence electrons. The van der Waals surface area contributed by atoms with E-state index in [4.69, 9.17) is 4.74 Å². The topological polar surface area (TPSA) is 76.0 Å². The number of nitrogens with zero attached hydrogens (tertiary/aromatic N) is 2. The molecule has 0 bridgehead atoms. The van der Waals surface area contributed by atoms with E-state index in [-0.39, 0.29) is 11.7 Å². The molecule has 0 amide bonds. The van der Waals surface area contributed by atoms with Gasteiger partial charge in [0.2, 0.25) is 0 Å². The highest BCUT2D eigenvalue weighted by Gasteiger charge is 2.25. The van der Waals surface area contributed by atoms with Crippen molar-refractivity contribution in [2.75, 3.05) is 18.9 Å². The molecule has 0 aromatic carbocycles. The number of allylic oxidation sites excluding steroid dienone is 2. The summed E-state index contributed by atoms with van der Waals surface area (Å²) in [6.45, 7) is 0.722. The monoisotopic (exact) mass is 322 g/mol. The first-order chi connectivity index (χ1) is 10.5. The minimum atomic E-state index is -3.37. The molecule has 3 aliphatic rings. The summed E-state index contributed by atoms with van der Waals surface area (Å²) in [7, 11) is -3.37. The molecule has 0 aromatic rings. The molecule has 3 rings (SSSR count). The third-order valence-electron chi connectivity index (χ3n) is 3.89. The summed E-state index contributed by atoms with van der Waals surface area (Å²) in [5.41, 5.74) is 0.421. The summed E-state index contributed by atoms with van der Waals surface area (Å²) < 4.78 is 31.9. The zero-order valence-corrected chi connectivity index (χ0v) is 13.0. The Hall–Kier alpha value is -1.89. The van der Waals surface area contributed by atoms with Crippen molar-refractivity contribution >= 4 is 21.8 Å². The molecule has 2 aliphatic heterocycles. The van der Waals surface area contributed by atoms with Gasteiger partial charge in [0.1, 0.15) is 5.84 Å². The van der Waals surface area contributed by atoms with E-state index in [1.54, 1.807) is 17.2 Å². The van der Waals surface area contributed by atoms with Crippen LogP contribution in [0.15, 0.2) is 40.5 Å². The minimum absolute atomic E-state index is 0.0441. The van der Waals surface area contributed by atoms with E-state index in [0.717, 1.165) is 19.3 Å². The second-order valence-corrected chi connectivity index (χ2v) is 7.35. The lowest BCUT2D eigenvalue weighted by Gasteiger charge is -2.27. The number of amidine groups is 1. The van der Waals surface area contributed by atoms with Crippen molar-refractivity contribution in [1.82, 2.24) is 4.90 Å². The molecule has 0 saturated carbocycles. The van der Waals surface area contributed by atoms with E-state index in [2.05, 4.69) is 16.5 Å². The average molecular weight is 322 g/mol. The van der Waals surface area contributed by atoms with E-state index < -0.39 is 10.0 Å². The van der Waals surface area contributed by atoms with E-state index in [0.29, 0.717) is 30.5 Å². The number of sulfonamides is 1. The highest BCUT2D eigenvalue weighted by Crippen LogP contribution is 2.20. The number of fused-ring (bicyclic) bond motifs is 1. The Morgan fingerprint density at radius 3 is 3.00 bits per heavy atom. The predicted octanol–water partition coefficient (Wildman–Crippen LogP) is 1.38. The second kappa shape index (κ2) is 6.08. The Morgan fingerprint density at radius 2 is 2.23 bits per heavy atom. The Labute approximate surface area is 129 Å². The first-order valence-electron chi connectivity index (χ1n) is 7.35. The smallest absolute Gasteiger partial charge is 0.339 e. The van der Waals surface area contributed by atoms with E-state index in [9.17, 15) is 13.2 Å². The molecule has 0 aromatic heterocycles. The first-order valence-corrected chi connectivity index (χ1v) is 8.96. The Morgan fingerprint density at radius 1 is 1.36 bits per heavy atom. The Balaban J connectivity index is 1.61. The van der Waals surface area contributed by atoms with Crippen molar-refractivity contribution in [2.24, 2.45) is 10.3 Å². The molecule has 0 N–H and O–H groups in total. The Bertz CT molecular complexity index is 688. The van der Waals surface area contributed by atoms with Crippen LogP contribution in [-0.2, 0) is 19.6 Å². The zero-order chi connectivity index (χ0) is 15.6. The molecule has 1 aliphatic carbocycles. The van der Waals surface area contributed by atoms with Crippen LogP contribution in [0.2, 0.25) is 0 Å². The highest BCUT2D eigenvalue weighted by molar-refractivity contribution is 7.90. The maximum atomic E-state index is 12.1. The fourth-order valence-electron chi connectivity index (χ4n) is 2.61. The van der Waals surface area contributed by atoms with E-state index in [1.165, 1.54) is 6.08 Å². The van der Waals surface area contributed by atoms with E-state index in [1.807, 2.05) is 0 Å². The largest absolute Gasteiger partial charge is 0.462 e. The zero-order valence-electron chi connectivity index (χ0n) is 12.1. The number of hydrogen-bond donors (Lipinski definition) is 0. The molecule has 22 heavy (non-hydrogen) atoms. The lowest BCUT2D eigenvalue weighted by Crippen LogP contribution is -2.37. The molecule has 7 heteroatoms. The molecule has 2 heterocycles. The van der Waals surface area contributed by atoms with Gasteiger partial charge in [-0.15, -0.1) is 4.40 Å². The van der Waals surface area contributed by atoms with Gasteiger partial charge in [0.05, 0.1) is 17.9 Å². The fraction of sp³-hybridized carbons (Fsp3) is 0.467. The van der Waals surface area contributed by atoms with Gasteiger partial charge in [-0.05, 0) is 37.3 Å². The lowest BCUT2D eigenvalue weighted by atomic mass is 9.95. The van der Waals surface area contributed by atoms with Gasteiger partial charge in [0.15, 0.2) is 0 Å². The van der Waals surface area contributed by atoms with Crippen LogP contribution in [-0.4, -0.2) is 44.0 Å². The van der Waals surface area contributed by atoms with Crippen LogP contribution >= 0.6 is 0 Å². The normalized spacial score (nSPS) is 26.0. The fourth-order valence-corrected chi connectivity index (χ4v) is 3.58. The highest BCUT2D eigenvalue weighted by atomic mass is 32.2. The van der Waals surface area contributed by atoms with Crippen molar-refractivity contribution in [3.8, 4) is 0 Å². The number of ether oxygens (including phenoxy) is 1. The molecular weight excluding hydrogens is 304 g/mol. The summed E-state index contributed by atoms with van der Waals surface area (Å²) in [6.07, 6.45) is 12.0. The molecule has 0 unspecified atom stereocenters. The average Bonchev–Trinajstić information content (AvgIpc) is 2.52. The summed E-state index contributed by atoms with van der Waals surface area (Å²) in [6, 6.07) is 0. The maximum Gasteiger partial charge on any atom is 0.339 e. The third kappa shape index (κ3) is 3.47. The van der Waals surface area contributed by atoms with Gasteiger partial charge < -0.3 is 9.64 Å². The van der Waals surface area contributed by atoms with Crippen molar-refractivity contribution in [2.45, 2.75) is 19.3 Å². The molecule has 0 radical (unpaired) electrons. The summed E-state index contributed by atoms with van der Waals surface area (Å²) in [5, 5.41) is 0. The number of rotatable bonds is 3. The van der Waals surface area contributed by atoms with Gasteiger partial charge in [-0.3, -0.25) is 0 Å². The Kier molecular flexibility index (Phi) is 4.15. The number of esters is 1. The van der Waals surface area contributed by atoms with Crippen molar-refractivity contribution in [3.63, 3.8) is 0 Å². The quantitative estimate of drug-likeness (QED) is 0.579. The van der Waals surface area contributed by atoms with Crippen LogP contribution in [0.4, 0.5) is 0 Å². The van der Waals surface area contributed by atoms with Gasteiger partial charge in [-0.25, -0.2) is 13.2 Å². The molecule has 0 fully saturated rings. The first kappa shape index (κ1) is 15.0. The SMILES string of the molecule is O=C(OC[C@@H]1CC=CCC1)C1=CN2CCS(=O)(=O)N=C2C=C1. The van der Waals surface area contributed by atoms with Crippen LogP contribution in [0.3, 0.4) is 0 Å². The third-order valence-corrected chi connectivity index (χ3v) is 5.05. The minimum Gasteiger partial charge on any atom is -0.462 e. The molecule has 0 saturated heterocycles. The summed E-state index contributed by atoms with van der Waals surface area (Å²) in [4.78, 5) is 13.8. The van der Waals surface area contributed by atoms with Crippen molar-refractivity contribution in [3.05, 3.63) is 36.1 Å². The number of carbonyl (C=O) groups excluding carboxylic acids is 1. The molecule has 6 nitrogen and oxygen atoms in total. The van der Waals surface area contributed by atoms with Gasteiger partial charge in [-0.2, -0.15) is 0 Å². The van der Waals surface area contributed by atoms with E-state index >= 15 is 0 Å². The molecule has 0 spiro atoms. The standard InChI is InChI=1S/C15H18N2O4S/c18-15(21-11-12-4-2-1-3-5-12)13-6-7-14-16-22(19,20)9-8-17(14)10-13/h1-2,6-7,10,12H,3-5,8-9,11H2/t12-/m1/s1. The maximum absolute atomic E-state index is 12.1. The lowest BCUT2D eigenvalue weighted by molar-refractivity contribution is -0.140. The van der Waals surface area contributed by atoms with Crippen LogP contribution in [0.1, 0.15) is 19.3 Å². The summed E-state index contributed by atoms with van der Waals surface area (Å²) in [5.74, 6) is 0.315. The van der Waals surface area contributed by atoms with Crippen LogP contribution in [0, 0.1) is 5.92 Å². The molecule has 1 atom stereocenters. The second-order valence-electron chi connectivity index (χ2n) is 5.60. The van der Waals surface area contributed by atoms with Crippen LogP contribution in [0.5, 0.6) is 0 Å². The predicted molar refractivity (Wildman–Crippen MR) is 82.6 cm³/mol. The van der Waals surface area contributed by atoms with Crippen molar-refractivity contribution in [1.29, 1.82) is 0 Å². The van der Waals surface area contributed by atoms with Crippen molar-refractivity contribution < 1.29 is 17.9 Å². The van der Waals surface area contributed by atoms with Gasteiger partial charge in [0.25, 0.3) is 10.0 Å². The summed E-state index contributed by atoms with van der Waals surface area (Å²) >= 11 is 0. The molecular formula is C15H18N2O4S. The van der Waals surface area contributed by atoms with Crippen LogP contribution < -0.4 is 0 Å². The number of carbonyl (C=O) groups is 1. The van der Waals surface area contributed by atoms with Gasteiger partial charge in [-0.1, -0.05) is 12.2 Å². The van der Waals surface area contributed by atoms with Crippen LogP contribution in [0.25, 0.3) is 0 Å². The van der Waals surface area contributed by atoms with Gasteiger partial charge in [0, 0.05) is 12.7 Å². The number of hydrogen-bond acceptors (Lipinski definition) is 5. The van der Waals surface area contributed by atoms with Gasteiger partial charge >= 0.3 is 5.97 Å².